The molecule has 2 aromatic rings. The van der Waals surface area contributed by atoms with Gasteiger partial charge in [-0.1, -0.05) is 18.5 Å². The normalized spacial score (nSPS) is 13.3. The van der Waals surface area contributed by atoms with E-state index in [9.17, 15) is 13.2 Å². The van der Waals surface area contributed by atoms with Crippen LogP contribution in [0.2, 0.25) is 5.02 Å². The second kappa shape index (κ2) is 8.28. The largest absolute Gasteiger partial charge is 0.494 e. The van der Waals surface area contributed by atoms with Crippen LogP contribution in [0.25, 0.3) is 0 Å². The van der Waals surface area contributed by atoms with Gasteiger partial charge in [0, 0.05) is 12.6 Å². The Labute approximate surface area is 169 Å². The molecular formula is C19H21ClN2O5S. The third kappa shape index (κ3) is 4.02. The number of halogens is 1. The molecule has 0 bridgehead atoms. The highest BCUT2D eigenvalue weighted by Crippen LogP contribution is 2.38. The zero-order valence-corrected chi connectivity index (χ0v) is 17.1. The van der Waals surface area contributed by atoms with Gasteiger partial charge in [0.2, 0.25) is 0 Å². The summed E-state index contributed by atoms with van der Waals surface area (Å²) in [6, 6.07) is 9.59. The number of hydrogen-bond donors (Lipinski definition) is 1. The van der Waals surface area contributed by atoms with Crippen LogP contribution < -0.4 is 19.1 Å². The summed E-state index contributed by atoms with van der Waals surface area (Å²) in [5.41, 5.74) is 0.858. The number of carbonyl (C=O) groups is 1. The van der Waals surface area contributed by atoms with Crippen molar-refractivity contribution in [1.29, 1.82) is 0 Å². The molecule has 0 aromatic heterocycles. The van der Waals surface area contributed by atoms with Crippen LogP contribution >= 0.6 is 11.6 Å². The molecule has 0 spiro atoms. The number of rotatable bonds is 7. The molecule has 9 heteroatoms. The molecule has 0 saturated heterocycles. The minimum absolute atomic E-state index is 0.0107. The van der Waals surface area contributed by atoms with Gasteiger partial charge in [0.25, 0.3) is 15.9 Å². The molecule has 0 radical (unpaired) electrons. The lowest BCUT2D eigenvalue weighted by atomic mass is 10.2. The van der Waals surface area contributed by atoms with E-state index >= 15 is 0 Å². The smallest absolute Gasteiger partial charge is 0.265 e. The third-order valence-electron chi connectivity index (χ3n) is 4.10. The van der Waals surface area contributed by atoms with E-state index in [0.717, 1.165) is 0 Å². The molecule has 3 rings (SSSR count). The minimum atomic E-state index is -3.95. The Kier molecular flexibility index (Phi) is 6.00. The summed E-state index contributed by atoms with van der Waals surface area (Å²) in [6.45, 7) is 4.40. The van der Waals surface area contributed by atoms with E-state index < -0.39 is 10.0 Å². The second-order valence-electron chi connectivity index (χ2n) is 6.12. The van der Waals surface area contributed by atoms with Crippen LogP contribution in [0.1, 0.15) is 20.3 Å². The predicted molar refractivity (Wildman–Crippen MR) is 108 cm³/mol. The lowest BCUT2D eigenvalue weighted by Gasteiger charge is -2.26. The maximum Gasteiger partial charge on any atom is 0.265 e. The number of anilines is 2. The number of sulfonamides is 1. The molecule has 0 saturated carbocycles. The quantitative estimate of drug-likeness (QED) is 0.732. The van der Waals surface area contributed by atoms with E-state index in [4.69, 9.17) is 21.1 Å². The summed E-state index contributed by atoms with van der Waals surface area (Å²) < 4.78 is 38.8. The highest BCUT2D eigenvalue weighted by atomic mass is 35.5. The summed E-state index contributed by atoms with van der Waals surface area (Å²) in [4.78, 5) is 11.4. The first-order valence-electron chi connectivity index (χ1n) is 8.88. The summed E-state index contributed by atoms with van der Waals surface area (Å²) in [7, 11) is -3.95. The van der Waals surface area contributed by atoms with Crippen LogP contribution in [0.5, 0.6) is 11.5 Å². The Morgan fingerprint density at radius 2 is 1.93 bits per heavy atom. The molecule has 1 N–H and O–H groups in total. The van der Waals surface area contributed by atoms with E-state index in [2.05, 4.69) is 5.32 Å². The molecule has 1 amide bonds. The molecule has 0 atom stereocenters. The summed E-state index contributed by atoms with van der Waals surface area (Å²) in [6.07, 6.45) is 0.613. The van der Waals surface area contributed by atoms with Crippen molar-refractivity contribution in [2.24, 2.45) is 0 Å². The number of nitrogens with one attached hydrogen (secondary N) is 1. The average Bonchev–Trinajstić information content (AvgIpc) is 2.66. The van der Waals surface area contributed by atoms with Gasteiger partial charge in [0.1, 0.15) is 16.4 Å². The summed E-state index contributed by atoms with van der Waals surface area (Å²) >= 11 is 6.26. The predicted octanol–water partition coefficient (Wildman–Crippen LogP) is 3.67. The van der Waals surface area contributed by atoms with E-state index in [1.54, 1.807) is 24.3 Å². The minimum Gasteiger partial charge on any atom is -0.494 e. The highest BCUT2D eigenvalue weighted by Gasteiger charge is 2.29. The van der Waals surface area contributed by atoms with Gasteiger partial charge < -0.3 is 14.8 Å². The first kappa shape index (κ1) is 20.3. The van der Waals surface area contributed by atoms with Gasteiger partial charge in [0.15, 0.2) is 6.61 Å². The van der Waals surface area contributed by atoms with Crippen LogP contribution in [0.4, 0.5) is 11.4 Å². The zero-order chi connectivity index (χ0) is 20.3. The molecule has 28 heavy (non-hydrogen) atoms. The topological polar surface area (TPSA) is 84.9 Å². The fraction of sp³-hybridized carbons (Fsp3) is 0.316. The fourth-order valence-corrected chi connectivity index (χ4v) is 4.94. The van der Waals surface area contributed by atoms with Crippen molar-refractivity contribution in [3.63, 3.8) is 0 Å². The van der Waals surface area contributed by atoms with Crippen molar-refractivity contribution >= 4 is 38.9 Å². The summed E-state index contributed by atoms with van der Waals surface area (Å²) in [5, 5.41) is 2.62. The van der Waals surface area contributed by atoms with Gasteiger partial charge >= 0.3 is 0 Å². The fourth-order valence-electron chi connectivity index (χ4n) is 2.86. The third-order valence-corrected chi connectivity index (χ3v) is 6.39. The molecule has 7 nitrogen and oxygen atoms in total. The molecule has 2 aromatic carbocycles. The second-order valence-corrected chi connectivity index (χ2v) is 8.36. The van der Waals surface area contributed by atoms with Crippen molar-refractivity contribution < 1.29 is 22.7 Å². The van der Waals surface area contributed by atoms with Gasteiger partial charge in [0.05, 0.1) is 23.0 Å². The van der Waals surface area contributed by atoms with Crippen LogP contribution in [-0.2, 0) is 14.8 Å². The highest BCUT2D eigenvalue weighted by molar-refractivity contribution is 7.93. The number of carbonyl (C=O) groups excluding carboxylic acids is 1. The number of hydrogen-bond acceptors (Lipinski definition) is 5. The molecule has 150 valence electrons. The Hall–Kier alpha value is -2.45. The molecule has 1 aliphatic heterocycles. The Bertz CT molecular complexity index is 977. The van der Waals surface area contributed by atoms with E-state index in [1.165, 1.54) is 16.4 Å². The van der Waals surface area contributed by atoms with Crippen LogP contribution in [-0.4, -0.2) is 34.1 Å². The van der Waals surface area contributed by atoms with Crippen molar-refractivity contribution in [2.45, 2.75) is 25.2 Å². The number of benzene rings is 2. The van der Waals surface area contributed by atoms with E-state index in [0.29, 0.717) is 30.2 Å². The Morgan fingerprint density at radius 3 is 2.57 bits per heavy atom. The monoisotopic (exact) mass is 424 g/mol. The van der Waals surface area contributed by atoms with Crippen LogP contribution in [0.3, 0.4) is 0 Å². The number of nitrogens with zero attached hydrogens (tertiary/aromatic N) is 1. The SMILES string of the molecule is CCCN(c1ccc(OCC)cc1)S(=O)(=O)c1cc2c(cc1Cl)NC(=O)CO2. The van der Waals surface area contributed by atoms with Crippen molar-refractivity contribution in [2.75, 3.05) is 29.4 Å². The van der Waals surface area contributed by atoms with E-state index in [1.807, 2.05) is 13.8 Å². The number of fused-ring (bicyclic) bond motifs is 1. The maximum absolute atomic E-state index is 13.4. The average molecular weight is 425 g/mol. The zero-order valence-electron chi connectivity index (χ0n) is 15.6. The standard InChI is InChI=1S/C19H21ClN2O5S/c1-3-9-22(13-5-7-14(8-6-13)26-4-2)28(24,25)18-11-17-16(10-15(18)20)21-19(23)12-27-17/h5-8,10-11H,3-4,9,12H2,1-2H3,(H,21,23). The molecule has 1 heterocycles. The van der Waals surface area contributed by atoms with Gasteiger partial charge in [-0.25, -0.2) is 8.42 Å². The van der Waals surface area contributed by atoms with Gasteiger partial charge in [-0.3, -0.25) is 9.10 Å². The molecule has 0 fully saturated rings. The molecule has 0 aliphatic carbocycles. The van der Waals surface area contributed by atoms with Gasteiger partial charge in [-0.2, -0.15) is 0 Å². The number of ether oxygens (including phenoxy) is 2. The summed E-state index contributed by atoms with van der Waals surface area (Å²) in [5.74, 6) is 0.614. The molecule has 1 aliphatic rings. The molecule has 0 unspecified atom stereocenters. The maximum atomic E-state index is 13.4. The van der Waals surface area contributed by atoms with Crippen molar-refractivity contribution in [3.05, 3.63) is 41.4 Å². The van der Waals surface area contributed by atoms with Gasteiger partial charge in [-0.15, -0.1) is 0 Å². The van der Waals surface area contributed by atoms with Crippen LogP contribution in [0.15, 0.2) is 41.3 Å². The lowest BCUT2D eigenvalue weighted by Crippen LogP contribution is -2.32. The Balaban J connectivity index is 2.02. The lowest BCUT2D eigenvalue weighted by molar-refractivity contribution is -0.118. The molecular weight excluding hydrogens is 404 g/mol. The van der Waals surface area contributed by atoms with Crippen molar-refractivity contribution in [1.82, 2.24) is 0 Å². The Morgan fingerprint density at radius 1 is 1.21 bits per heavy atom. The van der Waals surface area contributed by atoms with E-state index in [-0.39, 0.29) is 34.7 Å². The first-order chi connectivity index (χ1) is 13.4. The number of amides is 1. The van der Waals surface area contributed by atoms with Crippen molar-refractivity contribution in [3.8, 4) is 11.5 Å². The van der Waals surface area contributed by atoms with Gasteiger partial charge in [-0.05, 0) is 43.7 Å². The first-order valence-corrected chi connectivity index (χ1v) is 10.7. The van der Waals surface area contributed by atoms with Crippen LogP contribution in [0, 0.1) is 0 Å².